The van der Waals surface area contributed by atoms with Crippen LogP contribution >= 0.6 is 0 Å². The van der Waals surface area contributed by atoms with E-state index in [0.717, 1.165) is 49.0 Å². The van der Waals surface area contributed by atoms with Gasteiger partial charge in [0.25, 0.3) is 0 Å². The number of hydrogen-bond acceptors (Lipinski definition) is 5. The van der Waals surface area contributed by atoms with Crippen LogP contribution in [0.1, 0.15) is 81.4 Å². The van der Waals surface area contributed by atoms with E-state index >= 15 is 0 Å². The Kier molecular flexibility index (Phi) is 9.79. The van der Waals surface area contributed by atoms with Crippen molar-refractivity contribution in [2.24, 2.45) is 9.98 Å². The van der Waals surface area contributed by atoms with E-state index in [1.165, 1.54) is 25.7 Å². The number of phenols is 2. The number of aliphatic imine (C=N–C) groups is 2. The first kappa shape index (κ1) is 24.8. The number of rotatable bonds is 11. The molecule has 0 heterocycles. The van der Waals surface area contributed by atoms with Crippen molar-refractivity contribution in [1.82, 2.24) is 0 Å². The van der Waals surface area contributed by atoms with Gasteiger partial charge in [0.2, 0.25) is 0 Å². The molecule has 1 aliphatic carbocycles. The summed E-state index contributed by atoms with van der Waals surface area (Å²) in [5.74, 6) is 1.21. The third-order valence-corrected chi connectivity index (χ3v) is 6.20. The van der Waals surface area contributed by atoms with E-state index in [2.05, 4.69) is 6.92 Å². The van der Waals surface area contributed by atoms with Crippen molar-refractivity contribution in [2.75, 3.05) is 6.61 Å². The largest absolute Gasteiger partial charge is 0.507 e. The molecule has 2 aromatic rings. The second-order valence-electron chi connectivity index (χ2n) is 9.02. The quantitative estimate of drug-likeness (QED) is 0.299. The van der Waals surface area contributed by atoms with Crippen molar-refractivity contribution < 1.29 is 14.9 Å². The molecule has 2 N–H and O–H groups in total. The van der Waals surface area contributed by atoms with Crippen molar-refractivity contribution >= 4 is 12.4 Å². The van der Waals surface area contributed by atoms with Gasteiger partial charge in [0.05, 0.1) is 18.7 Å². The number of ether oxygens (including phenoxy) is 1. The predicted molar refractivity (Wildman–Crippen MR) is 136 cm³/mol. The lowest BCUT2D eigenvalue weighted by atomic mass is 9.91. The smallest absolute Gasteiger partial charge is 0.124 e. The summed E-state index contributed by atoms with van der Waals surface area (Å²) in [7, 11) is 0. The van der Waals surface area contributed by atoms with Crippen LogP contribution in [0.4, 0.5) is 0 Å². The van der Waals surface area contributed by atoms with Crippen LogP contribution < -0.4 is 4.74 Å². The molecule has 0 unspecified atom stereocenters. The fraction of sp³-hybridized carbons (Fsp3) is 0.500. The molecule has 5 heteroatoms. The molecule has 0 saturated heterocycles. The summed E-state index contributed by atoms with van der Waals surface area (Å²) in [5.41, 5.74) is 2.50. The highest BCUT2D eigenvalue weighted by Gasteiger charge is 2.23. The van der Waals surface area contributed by atoms with E-state index in [1.54, 1.807) is 30.6 Å². The molecule has 1 saturated carbocycles. The van der Waals surface area contributed by atoms with Crippen LogP contribution in [0, 0.1) is 6.92 Å². The van der Waals surface area contributed by atoms with Gasteiger partial charge in [-0.3, -0.25) is 9.98 Å². The molecule has 0 radical (unpaired) electrons. The number of hydrogen-bond donors (Lipinski definition) is 2. The van der Waals surface area contributed by atoms with Crippen LogP contribution in [-0.2, 0) is 0 Å². The van der Waals surface area contributed by atoms with E-state index in [4.69, 9.17) is 14.7 Å². The number of aromatic hydroxyl groups is 2. The lowest BCUT2D eigenvalue weighted by Gasteiger charge is -2.25. The Morgan fingerprint density at radius 2 is 1.45 bits per heavy atom. The lowest BCUT2D eigenvalue weighted by Crippen LogP contribution is -2.27. The fourth-order valence-corrected chi connectivity index (χ4v) is 4.19. The van der Waals surface area contributed by atoms with Gasteiger partial charge >= 0.3 is 0 Å². The van der Waals surface area contributed by atoms with E-state index in [-0.39, 0.29) is 23.6 Å². The number of benzene rings is 2. The van der Waals surface area contributed by atoms with Crippen molar-refractivity contribution in [3.8, 4) is 17.2 Å². The molecular weight excluding hydrogens is 412 g/mol. The topological polar surface area (TPSA) is 74.4 Å². The maximum atomic E-state index is 10.3. The number of aryl methyl sites for hydroxylation is 1. The summed E-state index contributed by atoms with van der Waals surface area (Å²) >= 11 is 0. The van der Waals surface area contributed by atoms with Crippen LogP contribution in [0.3, 0.4) is 0 Å². The van der Waals surface area contributed by atoms with Crippen molar-refractivity contribution in [3.63, 3.8) is 0 Å². The molecule has 2 atom stereocenters. The van der Waals surface area contributed by atoms with Gasteiger partial charge < -0.3 is 14.9 Å². The third-order valence-electron chi connectivity index (χ3n) is 6.20. The van der Waals surface area contributed by atoms with Crippen molar-refractivity contribution in [1.29, 1.82) is 0 Å². The Morgan fingerprint density at radius 1 is 0.848 bits per heavy atom. The Hall–Kier alpha value is -2.82. The van der Waals surface area contributed by atoms with Crippen LogP contribution in [-0.4, -0.2) is 41.3 Å². The first-order chi connectivity index (χ1) is 16.1. The zero-order valence-corrected chi connectivity index (χ0v) is 20.0. The summed E-state index contributed by atoms with van der Waals surface area (Å²) in [5, 5.41) is 20.4. The Balaban J connectivity index is 1.62. The Labute approximate surface area is 198 Å². The molecule has 1 fully saturated rings. The second-order valence-corrected chi connectivity index (χ2v) is 9.02. The molecule has 33 heavy (non-hydrogen) atoms. The van der Waals surface area contributed by atoms with Crippen LogP contribution in [0.25, 0.3) is 0 Å². The van der Waals surface area contributed by atoms with Crippen molar-refractivity contribution in [3.05, 3.63) is 53.1 Å². The first-order valence-electron chi connectivity index (χ1n) is 12.4. The predicted octanol–water partition coefficient (Wildman–Crippen LogP) is 6.60. The molecule has 0 aromatic heterocycles. The van der Waals surface area contributed by atoms with Gasteiger partial charge in [-0.25, -0.2) is 0 Å². The van der Waals surface area contributed by atoms with Gasteiger partial charge in [0.15, 0.2) is 0 Å². The van der Waals surface area contributed by atoms with E-state index < -0.39 is 0 Å². The minimum atomic E-state index is 0.0597. The summed E-state index contributed by atoms with van der Waals surface area (Å²) in [6.07, 6.45) is 13.7. The summed E-state index contributed by atoms with van der Waals surface area (Å²) < 4.78 is 5.88. The normalized spacial score (nSPS) is 18.8. The molecule has 0 aliphatic heterocycles. The van der Waals surface area contributed by atoms with E-state index in [0.29, 0.717) is 12.2 Å². The van der Waals surface area contributed by atoms with Gasteiger partial charge in [-0.15, -0.1) is 0 Å². The SMILES string of the molecule is CCCCCCCOc1ccc(O)c(C=N[C@@H]2CCCC[C@H]2N=Cc2cc(C)ccc2O)c1. The number of unbranched alkanes of at least 4 members (excludes halogenated alkanes) is 4. The highest BCUT2D eigenvalue weighted by Crippen LogP contribution is 2.26. The zero-order chi connectivity index (χ0) is 23.5. The summed E-state index contributed by atoms with van der Waals surface area (Å²) in [6, 6.07) is 11.0. The highest BCUT2D eigenvalue weighted by atomic mass is 16.5. The maximum Gasteiger partial charge on any atom is 0.124 e. The molecule has 1 aliphatic rings. The van der Waals surface area contributed by atoms with Gasteiger partial charge in [-0.1, -0.05) is 57.1 Å². The van der Waals surface area contributed by atoms with Crippen LogP contribution in [0.15, 0.2) is 46.4 Å². The van der Waals surface area contributed by atoms with Gasteiger partial charge in [-0.2, -0.15) is 0 Å². The average molecular weight is 451 g/mol. The first-order valence-corrected chi connectivity index (χ1v) is 12.4. The average Bonchev–Trinajstić information content (AvgIpc) is 2.82. The maximum absolute atomic E-state index is 10.3. The minimum absolute atomic E-state index is 0.0597. The van der Waals surface area contributed by atoms with Crippen LogP contribution in [0.5, 0.6) is 17.2 Å². The standard InChI is InChI=1S/C28H38N2O3/c1-3-4-5-6-9-16-33-24-13-15-28(32)23(18-24)20-30-26-11-8-7-10-25(26)29-19-22-17-21(2)12-14-27(22)31/h12-15,17-20,25-26,31-32H,3-11,16H2,1-2H3/t25-,26-/m1/s1. The summed E-state index contributed by atoms with van der Waals surface area (Å²) in [4.78, 5) is 9.58. The third kappa shape index (κ3) is 7.92. The Morgan fingerprint density at radius 3 is 2.12 bits per heavy atom. The molecule has 2 aromatic carbocycles. The van der Waals surface area contributed by atoms with E-state index in [1.807, 2.05) is 25.1 Å². The fourth-order valence-electron chi connectivity index (χ4n) is 4.19. The molecule has 178 valence electrons. The number of phenolic OH excluding ortho intramolecular Hbond substituents is 2. The summed E-state index contributed by atoms with van der Waals surface area (Å²) in [6.45, 7) is 4.91. The van der Waals surface area contributed by atoms with Crippen LogP contribution in [0.2, 0.25) is 0 Å². The Bertz CT molecular complexity index is 939. The number of nitrogens with zero attached hydrogens (tertiary/aromatic N) is 2. The molecule has 0 spiro atoms. The molecule has 0 amide bonds. The minimum Gasteiger partial charge on any atom is -0.507 e. The van der Waals surface area contributed by atoms with E-state index in [9.17, 15) is 10.2 Å². The van der Waals surface area contributed by atoms with Gasteiger partial charge in [-0.05, 0) is 56.5 Å². The molecular formula is C28H38N2O3. The highest BCUT2D eigenvalue weighted by molar-refractivity contribution is 5.85. The second kappa shape index (κ2) is 13.0. The van der Waals surface area contributed by atoms with Gasteiger partial charge in [0, 0.05) is 23.6 Å². The molecule has 5 nitrogen and oxygen atoms in total. The zero-order valence-electron chi connectivity index (χ0n) is 20.0. The molecule has 3 rings (SSSR count). The monoisotopic (exact) mass is 450 g/mol. The van der Waals surface area contributed by atoms with Gasteiger partial charge in [0.1, 0.15) is 17.2 Å². The van der Waals surface area contributed by atoms with Crippen molar-refractivity contribution in [2.45, 2.75) is 83.7 Å². The lowest BCUT2D eigenvalue weighted by molar-refractivity contribution is 0.304. The molecule has 0 bridgehead atoms.